The van der Waals surface area contributed by atoms with Gasteiger partial charge in [0.15, 0.2) is 0 Å². The standard InChI is InChI=1S/C38H43N4O/c1-7-26-12-13-28(35(9-3)41-36(10-4)42-14-11-15-42)18-29(26)16-25(5)23-40-37(43)31-17-27(8-2)33-20-30-19-32(30)22-38(6,24-39)34(33)21-31/h7,9,12-13,16-19,21H,5,8,10-11,14-15,20,22-23H2,1-4,6H3,(H,40,43)/b26-7-,29-16-,35-9-,41-36?/t38-/m0/s1. The molecule has 1 atom stereocenters. The lowest BCUT2D eigenvalue weighted by Crippen LogP contribution is -2.41. The smallest absolute Gasteiger partial charge is 0.251 e. The number of amidine groups is 1. The van der Waals surface area contributed by atoms with Crippen molar-refractivity contribution in [3.8, 4) is 6.07 Å². The summed E-state index contributed by atoms with van der Waals surface area (Å²) in [6.45, 7) is 17.1. The van der Waals surface area contributed by atoms with E-state index in [2.05, 4.69) is 73.5 Å². The van der Waals surface area contributed by atoms with Gasteiger partial charge in [-0.25, -0.2) is 4.99 Å². The number of nitriles is 1. The predicted molar refractivity (Wildman–Crippen MR) is 178 cm³/mol. The number of nitrogens with one attached hydrogen (secondary N) is 1. The number of rotatable bonds is 8. The number of aliphatic imine (C=N–C) groups is 1. The van der Waals surface area contributed by atoms with Gasteiger partial charge in [0.1, 0.15) is 5.84 Å². The summed E-state index contributed by atoms with van der Waals surface area (Å²) >= 11 is 0. The quantitative estimate of drug-likeness (QED) is 0.315. The van der Waals surface area contributed by atoms with Gasteiger partial charge in [0.25, 0.3) is 5.91 Å². The van der Waals surface area contributed by atoms with Crippen LogP contribution in [0.2, 0.25) is 0 Å². The molecule has 43 heavy (non-hydrogen) atoms. The van der Waals surface area contributed by atoms with Crippen molar-refractivity contribution in [2.24, 2.45) is 4.99 Å². The zero-order valence-electron chi connectivity index (χ0n) is 26.3. The number of allylic oxidation sites excluding steroid dienone is 3. The summed E-state index contributed by atoms with van der Waals surface area (Å²) in [5.74, 6) is 0.989. The number of nitrogens with zero attached hydrogens (tertiary/aromatic N) is 3. The molecule has 1 aliphatic heterocycles. The van der Waals surface area contributed by atoms with Crippen LogP contribution in [0.25, 0.3) is 17.8 Å². The molecule has 1 saturated heterocycles. The van der Waals surface area contributed by atoms with Crippen LogP contribution >= 0.6 is 0 Å². The van der Waals surface area contributed by atoms with Crippen molar-refractivity contribution in [2.45, 2.75) is 72.1 Å². The minimum atomic E-state index is -0.641. The van der Waals surface area contributed by atoms with Gasteiger partial charge in [-0.2, -0.15) is 5.26 Å². The number of likely N-dealkylation sites (tertiary alicyclic amines) is 1. The van der Waals surface area contributed by atoms with E-state index in [4.69, 9.17) is 4.99 Å². The maximum absolute atomic E-state index is 13.4. The fraction of sp³-hybridized carbons (Fsp3) is 0.368. The Balaban J connectivity index is 1.36. The van der Waals surface area contributed by atoms with Crippen LogP contribution < -0.4 is 15.8 Å². The SMILES string of the molecule is C=C(/C=c1/cc(/C(=C/C)N=C(CC)N2CCC2)cc/c1=C/C)CNC(=O)c1cc(CC)c2c(c1)[C@](C)(C#N)CC1=C([CH]1)C2. The molecule has 5 nitrogen and oxygen atoms in total. The number of carbonyl (C=O) groups is 1. The van der Waals surface area contributed by atoms with Crippen molar-refractivity contribution in [2.75, 3.05) is 19.6 Å². The highest BCUT2D eigenvalue weighted by molar-refractivity contribution is 5.95. The first kappa shape index (κ1) is 30.3. The van der Waals surface area contributed by atoms with Crippen LogP contribution in [0.4, 0.5) is 0 Å². The second-order valence-corrected chi connectivity index (χ2v) is 12.0. The Hall–Kier alpha value is -4.17. The average Bonchev–Trinajstić information content (AvgIpc) is 3.74. The fourth-order valence-electron chi connectivity index (χ4n) is 6.22. The normalized spacial score (nSPS) is 20.6. The van der Waals surface area contributed by atoms with Gasteiger partial charge in [-0.1, -0.05) is 55.9 Å². The molecule has 1 fully saturated rings. The van der Waals surface area contributed by atoms with Crippen molar-refractivity contribution >= 4 is 29.6 Å². The molecule has 3 aliphatic rings. The number of hydrogen-bond donors (Lipinski definition) is 1. The first-order valence-electron chi connectivity index (χ1n) is 15.6. The molecule has 0 unspecified atom stereocenters. The molecule has 2 aliphatic carbocycles. The minimum absolute atomic E-state index is 0.145. The van der Waals surface area contributed by atoms with E-state index < -0.39 is 5.41 Å². The van der Waals surface area contributed by atoms with Gasteiger partial charge >= 0.3 is 0 Å². The first-order valence-corrected chi connectivity index (χ1v) is 15.6. The summed E-state index contributed by atoms with van der Waals surface area (Å²) in [5.41, 5.74) is 8.79. The molecule has 221 valence electrons. The summed E-state index contributed by atoms with van der Waals surface area (Å²) in [4.78, 5) is 20.8. The average molecular weight is 572 g/mol. The lowest BCUT2D eigenvalue weighted by atomic mass is 9.75. The highest BCUT2D eigenvalue weighted by atomic mass is 16.1. The summed E-state index contributed by atoms with van der Waals surface area (Å²) in [7, 11) is 0. The van der Waals surface area contributed by atoms with Gasteiger partial charge in [0.2, 0.25) is 0 Å². The highest BCUT2D eigenvalue weighted by Crippen LogP contribution is 2.48. The van der Waals surface area contributed by atoms with E-state index in [1.165, 1.54) is 23.1 Å². The van der Waals surface area contributed by atoms with Crippen molar-refractivity contribution in [3.63, 3.8) is 0 Å². The van der Waals surface area contributed by atoms with Crippen molar-refractivity contribution in [3.05, 3.63) is 104 Å². The van der Waals surface area contributed by atoms with Crippen molar-refractivity contribution in [1.29, 1.82) is 5.26 Å². The largest absolute Gasteiger partial charge is 0.360 e. The first-order chi connectivity index (χ1) is 20.7. The number of carbonyl (C=O) groups excluding carboxylic acids is 1. The summed E-state index contributed by atoms with van der Waals surface area (Å²) in [6.07, 6.45) is 12.9. The van der Waals surface area contributed by atoms with Crippen molar-refractivity contribution < 1.29 is 4.79 Å². The van der Waals surface area contributed by atoms with E-state index in [1.54, 1.807) is 0 Å². The van der Waals surface area contributed by atoms with Gasteiger partial charge < -0.3 is 10.2 Å². The molecule has 1 N–H and O–H groups in total. The van der Waals surface area contributed by atoms with Crippen LogP contribution in [0.5, 0.6) is 0 Å². The summed E-state index contributed by atoms with van der Waals surface area (Å²) in [6, 6.07) is 12.9. The predicted octanol–water partition coefficient (Wildman–Crippen LogP) is 5.93. The second kappa shape index (κ2) is 12.6. The summed E-state index contributed by atoms with van der Waals surface area (Å²) in [5, 5.41) is 15.4. The third kappa shape index (κ3) is 6.30. The summed E-state index contributed by atoms with van der Waals surface area (Å²) < 4.78 is 0. The molecule has 0 saturated carbocycles. The zero-order valence-corrected chi connectivity index (χ0v) is 26.3. The number of fused-ring (bicyclic) bond motifs is 1. The molecule has 0 bridgehead atoms. The van der Waals surface area contributed by atoms with E-state index in [0.29, 0.717) is 18.5 Å². The molecular formula is C38H43N4O. The van der Waals surface area contributed by atoms with E-state index in [0.717, 1.165) is 76.6 Å². The van der Waals surface area contributed by atoms with Gasteiger partial charge in [0.05, 0.1) is 17.2 Å². The molecule has 2 aromatic carbocycles. The third-order valence-corrected chi connectivity index (χ3v) is 9.00. The number of amides is 1. The third-order valence-electron chi connectivity index (χ3n) is 9.00. The monoisotopic (exact) mass is 571 g/mol. The van der Waals surface area contributed by atoms with Crippen LogP contribution in [0.3, 0.4) is 0 Å². The number of benzene rings is 2. The van der Waals surface area contributed by atoms with Crippen LogP contribution in [0.1, 0.15) is 86.5 Å². The maximum atomic E-state index is 13.4. The number of aryl methyl sites for hydroxylation is 1. The lowest BCUT2D eigenvalue weighted by Gasteiger charge is -2.34. The number of hydrogen-bond acceptors (Lipinski definition) is 3. The van der Waals surface area contributed by atoms with Crippen molar-refractivity contribution in [1.82, 2.24) is 10.2 Å². The molecule has 5 heteroatoms. The zero-order chi connectivity index (χ0) is 30.7. The molecular weight excluding hydrogens is 528 g/mol. The van der Waals surface area contributed by atoms with Gasteiger partial charge in [-0.15, -0.1) is 0 Å². The highest BCUT2D eigenvalue weighted by Gasteiger charge is 2.40. The molecule has 1 amide bonds. The molecule has 0 aromatic heterocycles. The Morgan fingerprint density at radius 1 is 1.14 bits per heavy atom. The molecule has 0 spiro atoms. The topological polar surface area (TPSA) is 68.5 Å². The van der Waals surface area contributed by atoms with Gasteiger partial charge in [-0.3, -0.25) is 4.79 Å². The Kier molecular flexibility index (Phi) is 8.87. The molecule has 1 radical (unpaired) electrons. The van der Waals surface area contributed by atoms with Gasteiger partial charge in [0, 0.05) is 43.6 Å². The Morgan fingerprint density at radius 2 is 1.93 bits per heavy atom. The fourth-order valence-corrected chi connectivity index (χ4v) is 6.22. The van der Waals surface area contributed by atoms with E-state index in [-0.39, 0.29) is 5.91 Å². The van der Waals surface area contributed by atoms with Gasteiger partial charge in [-0.05, 0) is 103 Å². The van der Waals surface area contributed by atoms with Crippen LogP contribution in [0.15, 0.2) is 64.7 Å². The Morgan fingerprint density at radius 3 is 2.56 bits per heavy atom. The molecule has 5 rings (SSSR count). The van der Waals surface area contributed by atoms with Crippen LogP contribution in [-0.4, -0.2) is 36.3 Å². The van der Waals surface area contributed by atoms with E-state index >= 15 is 0 Å². The molecule has 2 aromatic rings. The van der Waals surface area contributed by atoms with Crippen LogP contribution in [-0.2, 0) is 18.3 Å². The Labute approximate surface area is 256 Å². The van der Waals surface area contributed by atoms with Crippen LogP contribution in [0, 0.1) is 17.8 Å². The lowest BCUT2D eigenvalue weighted by molar-refractivity contribution is 0.0957. The maximum Gasteiger partial charge on any atom is 0.251 e. The Bertz CT molecular complexity index is 1730. The van der Waals surface area contributed by atoms with E-state index in [9.17, 15) is 10.1 Å². The minimum Gasteiger partial charge on any atom is -0.360 e. The van der Waals surface area contributed by atoms with E-state index in [1.807, 2.05) is 39.0 Å². The molecule has 1 heterocycles. The second-order valence-electron chi connectivity index (χ2n) is 12.0.